The average molecular weight is 206 g/mol. The molecule has 0 heterocycles. The number of hydrogen-bond donors (Lipinski definition) is 0. The molecule has 1 aromatic carbocycles. The maximum Gasteiger partial charge on any atom is 0.175 e. The summed E-state index contributed by atoms with van der Waals surface area (Å²) in [5, 5.41) is 0. The highest BCUT2D eigenvalue weighted by Crippen LogP contribution is 2.23. The summed E-state index contributed by atoms with van der Waals surface area (Å²) in [6.07, 6.45) is 1.64. The summed E-state index contributed by atoms with van der Waals surface area (Å²) in [5.74, 6) is -0.439. The number of allylic oxidation sites excluding steroid dienone is 1. The number of ketones is 1. The third kappa shape index (κ3) is 3.01. The zero-order valence-corrected chi connectivity index (χ0v) is 8.87. The Balaban J connectivity index is 2.84. The average Bonchev–Trinajstić information content (AvgIpc) is 2.19. The van der Waals surface area contributed by atoms with Gasteiger partial charge in [0, 0.05) is 12.8 Å². The largest absolute Gasteiger partial charge is 0.296 e. The van der Waals surface area contributed by atoms with E-state index in [2.05, 4.69) is 6.58 Å². The van der Waals surface area contributed by atoms with Gasteiger partial charge in [0.15, 0.2) is 11.5 Å². The van der Waals surface area contributed by atoms with E-state index >= 15 is 0 Å². The monoisotopic (exact) mass is 206 g/mol. The van der Waals surface area contributed by atoms with Gasteiger partial charge < -0.3 is 0 Å². The Morgan fingerprint density at radius 3 is 2.53 bits per heavy atom. The quantitative estimate of drug-likeness (QED) is 0.676. The Labute approximate surface area is 89.6 Å². The molecule has 0 saturated heterocycles. The first kappa shape index (κ1) is 11.6. The summed E-state index contributed by atoms with van der Waals surface area (Å²) in [7, 11) is 0. The van der Waals surface area contributed by atoms with Gasteiger partial charge in [0.2, 0.25) is 0 Å². The minimum absolute atomic E-state index is 0.0667. The van der Waals surface area contributed by atoms with Crippen molar-refractivity contribution in [3.63, 3.8) is 0 Å². The van der Waals surface area contributed by atoms with Crippen molar-refractivity contribution in [1.29, 1.82) is 0 Å². The van der Waals surface area contributed by atoms with Gasteiger partial charge in [-0.2, -0.15) is 0 Å². The molecule has 0 unspecified atom stereocenters. The number of halogens is 1. The van der Waals surface area contributed by atoms with Gasteiger partial charge >= 0.3 is 0 Å². The molecule has 1 atom stereocenters. The molecule has 0 aliphatic carbocycles. The minimum Gasteiger partial charge on any atom is -0.296 e. The third-order valence-electron chi connectivity index (χ3n) is 2.43. The van der Waals surface area contributed by atoms with Crippen LogP contribution in [-0.4, -0.2) is 11.5 Å². The molecule has 1 nitrogen and oxygen atoms in total. The smallest absolute Gasteiger partial charge is 0.175 e. The highest BCUT2D eigenvalue weighted by molar-refractivity contribution is 5.85. The number of carbonyl (C=O) groups excluding carboxylic acids is 1. The lowest BCUT2D eigenvalue weighted by molar-refractivity contribution is -0.128. The van der Waals surface area contributed by atoms with Crippen LogP contribution >= 0.6 is 0 Å². The van der Waals surface area contributed by atoms with Crippen LogP contribution in [0.5, 0.6) is 0 Å². The van der Waals surface area contributed by atoms with Crippen LogP contribution in [0, 0.1) is 0 Å². The second kappa shape index (κ2) is 4.87. The van der Waals surface area contributed by atoms with E-state index in [1.54, 1.807) is 0 Å². The number of hydrogen-bond acceptors (Lipinski definition) is 1. The van der Waals surface area contributed by atoms with Crippen molar-refractivity contribution < 1.29 is 9.18 Å². The van der Waals surface area contributed by atoms with Crippen LogP contribution in [0.3, 0.4) is 0 Å². The zero-order chi connectivity index (χ0) is 11.3. The number of carbonyl (C=O) groups is 1. The fourth-order valence-electron chi connectivity index (χ4n) is 1.49. The Hall–Kier alpha value is -1.44. The summed E-state index contributed by atoms with van der Waals surface area (Å²) >= 11 is 0. The van der Waals surface area contributed by atoms with Crippen LogP contribution in [0.15, 0.2) is 43.0 Å². The first-order valence-electron chi connectivity index (χ1n) is 4.93. The molecule has 0 saturated carbocycles. The molecule has 0 aliphatic rings. The van der Waals surface area contributed by atoms with Crippen molar-refractivity contribution in [2.24, 2.45) is 0 Å². The van der Waals surface area contributed by atoms with Crippen LogP contribution in [-0.2, 0) is 11.2 Å². The third-order valence-corrected chi connectivity index (χ3v) is 2.43. The molecule has 0 spiro atoms. The van der Waals surface area contributed by atoms with Gasteiger partial charge in [0.25, 0.3) is 0 Å². The number of alkyl halides is 1. The molecule has 1 aromatic rings. The number of benzene rings is 1. The highest BCUT2D eigenvalue weighted by Gasteiger charge is 2.33. The van der Waals surface area contributed by atoms with E-state index < -0.39 is 11.5 Å². The van der Waals surface area contributed by atoms with Crippen molar-refractivity contribution in [2.75, 3.05) is 0 Å². The molecule has 15 heavy (non-hydrogen) atoms. The highest BCUT2D eigenvalue weighted by atomic mass is 19.1. The lowest BCUT2D eigenvalue weighted by Gasteiger charge is -2.20. The summed E-state index contributed by atoms with van der Waals surface area (Å²) < 4.78 is 14.2. The normalized spacial score (nSPS) is 14.3. The maximum absolute atomic E-state index is 14.2. The predicted molar refractivity (Wildman–Crippen MR) is 59.5 cm³/mol. The molecular weight excluding hydrogens is 191 g/mol. The van der Waals surface area contributed by atoms with Gasteiger partial charge in [-0.3, -0.25) is 4.79 Å². The first-order chi connectivity index (χ1) is 7.08. The van der Waals surface area contributed by atoms with Crippen molar-refractivity contribution in [1.82, 2.24) is 0 Å². The molecule has 2 heteroatoms. The van der Waals surface area contributed by atoms with Crippen molar-refractivity contribution in [2.45, 2.75) is 25.4 Å². The second-order valence-corrected chi connectivity index (χ2v) is 3.68. The second-order valence-electron chi connectivity index (χ2n) is 3.68. The summed E-state index contributed by atoms with van der Waals surface area (Å²) in [6, 6.07) is 9.18. The van der Waals surface area contributed by atoms with E-state index in [0.29, 0.717) is 0 Å². The molecule has 0 radical (unpaired) electrons. The van der Waals surface area contributed by atoms with Gasteiger partial charge in [0.1, 0.15) is 0 Å². The number of rotatable bonds is 5. The first-order valence-corrected chi connectivity index (χ1v) is 4.93. The molecular formula is C13H15FO. The minimum atomic E-state index is -1.80. The molecule has 0 aromatic heterocycles. The van der Waals surface area contributed by atoms with E-state index in [9.17, 15) is 9.18 Å². The standard InChI is InChI=1S/C13H15FO/c1-3-9-13(14,11(2)15)10-12-7-5-4-6-8-12/h3-8H,1,9-10H2,2H3/t13-/m0/s1. The van der Waals surface area contributed by atoms with E-state index in [0.717, 1.165) is 5.56 Å². The van der Waals surface area contributed by atoms with Crippen LogP contribution < -0.4 is 0 Å². The lowest BCUT2D eigenvalue weighted by Crippen LogP contribution is -2.33. The van der Waals surface area contributed by atoms with Crippen LogP contribution in [0.2, 0.25) is 0 Å². The van der Waals surface area contributed by atoms with Crippen molar-refractivity contribution in [3.05, 3.63) is 48.6 Å². The Kier molecular flexibility index (Phi) is 3.78. The van der Waals surface area contributed by atoms with E-state index in [1.807, 2.05) is 30.3 Å². The number of Topliss-reactive ketones (excluding diaryl/α,β-unsaturated/α-hetero) is 1. The maximum atomic E-state index is 14.2. The molecule has 80 valence electrons. The topological polar surface area (TPSA) is 17.1 Å². The summed E-state index contributed by atoms with van der Waals surface area (Å²) in [6.45, 7) is 4.76. The fraction of sp³-hybridized carbons (Fsp3) is 0.308. The molecule has 0 bridgehead atoms. The molecule has 0 fully saturated rings. The van der Waals surface area contributed by atoms with Crippen LogP contribution in [0.4, 0.5) is 4.39 Å². The zero-order valence-electron chi connectivity index (χ0n) is 8.87. The molecule has 0 aliphatic heterocycles. The SMILES string of the molecule is C=CC[C@](F)(Cc1ccccc1)C(C)=O. The predicted octanol–water partition coefficient (Wildman–Crippen LogP) is 3.10. The molecule has 0 amide bonds. The molecule has 1 rings (SSSR count). The van der Waals surface area contributed by atoms with Gasteiger partial charge in [-0.25, -0.2) is 4.39 Å². The van der Waals surface area contributed by atoms with E-state index in [-0.39, 0.29) is 12.8 Å². The van der Waals surface area contributed by atoms with Gasteiger partial charge in [0.05, 0.1) is 0 Å². The van der Waals surface area contributed by atoms with E-state index in [1.165, 1.54) is 13.0 Å². The van der Waals surface area contributed by atoms with Crippen molar-refractivity contribution >= 4 is 5.78 Å². The molecule has 0 N–H and O–H groups in total. The van der Waals surface area contributed by atoms with E-state index in [4.69, 9.17) is 0 Å². The van der Waals surface area contributed by atoms with Gasteiger partial charge in [-0.1, -0.05) is 36.4 Å². The summed E-state index contributed by atoms with van der Waals surface area (Å²) in [5.41, 5.74) is -0.972. The Morgan fingerprint density at radius 1 is 1.47 bits per heavy atom. The lowest BCUT2D eigenvalue weighted by atomic mass is 9.90. The fourth-order valence-corrected chi connectivity index (χ4v) is 1.49. The summed E-state index contributed by atoms with van der Waals surface area (Å²) in [4.78, 5) is 11.2. The van der Waals surface area contributed by atoms with Gasteiger partial charge in [-0.15, -0.1) is 6.58 Å². The van der Waals surface area contributed by atoms with Crippen LogP contribution in [0.25, 0.3) is 0 Å². The van der Waals surface area contributed by atoms with Gasteiger partial charge in [-0.05, 0) is 12.5 Å². The van der Waals surface area contributed by atoms with Crippen LogP contribution in [0.1, 0.15) is 18.9 Å². The Bertz CT molecular complexity index is 345. The van der Waals surface area contributed by atoms with Crippen molar-refractivity contribution in [3.8, 4) is 0 Å². The Morgan fingerprint density at radius 2 is 2.07 bits per heavy atom.